The molecule has 0 atom stereocenters. The van der Waals surface area contributed by atoms with E-state index in [-0.39, 0.29) is 11.4 Å². The van der Waals surface area contributed by atoms with E-state index in [4.69, 9.17) is 0 Å². The molecule has 1 aromatic carbocycles. The molecule has 0 fully saturated rings. The smallest absolute Gasteiger partial charge is 0.347 e. The maximum absolute atomic E-state index is 13.4. The SMILES string of the molecule is CCn1nc(-c2cc(F)cc(C(F)(F)F)c2)nc1N(C)C. The third-order valence-electron chi connectivity index (χ3n) is 2.84. The van der Waals surface area contributed by atoms with Gasteiger partial charge in [0.05, 0.1) is 5.56 Å². The van der Waals surface area contributed by atoms with Gasteiger partial charge in [-0.3, -0.25) is 0 Å². The van der Waals surface area contributed by atoms with Crippen molar-refractivity contribution in [2.75, 3.05) is 19.0 Å². The molecule has 8 heteroatoms. The molecule has 0 N–H and O–H groups in total. The average Bonchev–Trinajstić information content (AvgIpc) is 2.81. The molecular formula is C13H14F4N4. The molecule has 0 radical (unpaired) electrons. The van der Waals surface area contributed by atoms with E-state index in [0.717, 1.165) is 12.1 Å². The highest BCUT2D eigenvalue weighted by Gasteiger charge is 2.32. The first-order valence-corrected chi connectivity index (χ1v) is 6.22. The van der Waals surface area contributed by atoms with Crippen molar-refractivity contribution in [1.29, 1.82) is 0 Å². The van der Waals surface area contributed by atoms with Crippen molar-refractivity contribution in [2.45, 2.75) is 19.6 Å². The van der Waals surface area contributed by atoms with Crippen molar-refractivity contribution in [2.24, 2.45) is 0 Å². The zero-order valence-electron chi connectivity index (χ0n) is 11.7. The lowest BCUT2D eigenvalue weighted by atomic mass is 10.1. The van der Waals surface area contributed by atoms with E-state index in [2.05, 4.69) is 10.1 Å². The van der Waals surface area contributed by atoms with E-state index < -0.39 is 17.6 Å². The fraction of sp³-hybridized carbons (Fsp3) is 0.385. The van der Waals surface area contributed by atoms with E-state index in [0.29, 0.717) is 18.6 Å². The molecule has 0 aliphatic carbocycles. The second kappa shape index (κ2) is 5.34. The van der Waals surface area contributed by atoms with Gasteiger partial charge in [0.1, 0.15) is 5.82 Å². The van der Waals surface area contributed by atoms with E-state index in [1.807, 2.05) is 6.92 Å². The second-order valence-corrected chi connectivity index (χ2v) is 4.67. The lowest BCUT2D eigenvalue weighted by Crippen LogP contribution is -2.15. The molecule has 0 spiro atoms. The van der Waals surface area contributed by atoms with Gasteiger partial charge in [0.15, 0.2) is 5.82 Å². The van der Waals surface area contributed by atoms with E-state index in [1.165, 1.54) is 4.68 Å². The van der Waals surface area contributed by atoms with Crippen molar-refractivity contribution in [3.05, 3.63) is 29.6 Å². The second-order valence-electron chi connectivity index (χ2n) is 4.67. The van der Waals surface area contributed by atoms with Crippen LogP contribution in [0.3, 0.4) is 0 Å². The summed E-state index contributed by atoms with van der Waals surface area (Å²) in [5, 5.41) is 4.11. The molecule has 0 bridgehead atoms. The van der Waals surface area contributed by atoms with Crippen LogP contribution in [0.4, 0.5) is 23.5 Å². The van der Waals surface area contributed by atoms with Gasteiger partial charge in [0.2, 0.25) is 5.95 Å². The number of aryl methyl sites for hydroxylation is 1. The molecule has 2 rings (SSSR count). The van der Waals surface area contributed by atoms with E-state index in [1.54, 1.807) is 19.0 Å². The first-order chi connectivity index (χ1) is 9.72. The molecule has 0 amide bonds. The molecule has 0 aliphatic heterocycles. The van der Waals surface area contributed by atoms with Gasteiger partial charge in [-0.15, -0.1) is 5.10 Å². The summed E-state index contributed by atoms with van der Waals surface area (Å²) >= 11 is 0. The number of halogens is 4. The number of alkyl halides is 3. The highest BCUT2D eigenvalue weighted by molar-refractivity contribution is 5.58. The third-order valence-corrected chi connectivity index (χ3v) is 2.84. The number of benzene rings is 1. The number of hydrogen-bond donors (Lipinski definition) is 0. The monoisotopic (exact) mass is 302 g/mol. The van der Waals surface area contributed by atoms with Gasteiger partial charge in [-0.2, -0.15) is 18.2 Å². The summed E-state index contributed by atoms with van der Waals surface area (Å²) in [6.45, 7) is 2.33. The maximum atomic E-state index is 13.4. The normalized spacial score (nSPS) is 11.8. The Bertz CT molecular complexity index is 646. The number of anilines is 1. The minimum absolute atomic E-state index is 0.00220. The number of nitrogens with zero attached hydrogens (tertiary/aromatic N) is 4. The summed E-state index contributed by atoms with van der Waals surface area (Å²) in [6, 6.07) is 2.29. The van der Waals surface area contributed by atoms with Crippen LogP contribution >= 0.6 is 0 Å². The standard InChI is InChI=1S/C13H14F4N4/c1-4-21-12(20(2)3)18-11(19-21)8-5-9(13(15,16)17)7-10(14)6-8/h5-7H,4H2,1-3H3. The van der Waals surface area contributed by atoms with Crippen molar-refractivity contribution in [1.82, 2.24) is 14.8 Å². The van der Waals surface area contributed by atoms with Gasteiger partial charge in [0, 0.05) is 26.2 Å². The van der Waals surface area contributed by atoms with Crippen LogP contribution in [0.1, 0.15) is 12.5 Å². The van der Waals surface area contributed by atoms with Gasteiger partial charge in [0.25, 0.3) is 0 Å². The minimum atomic E-state index is -4.62. The van der Waals surface area contributed by atoms with Gasteiger partial charge < -0.3 is 4.90 Å². The van der Waals surface area contributed by atoms with Gasteiger partial charge in [-0.05, 0) is 25.1 Å². The maximum Gasteiger partial charge on any atom is 0.416 e. The zero-order valence-corrected chi connectivity index (χ0v) is 11.7. The highest BCUT2D eigenvalue weighted by atomic mass is 19.4. The zero-order chi connectivity index (χ0) is 15.8. The highest BCUT2D eigenvalue weighted by Crippen LogP contribution is 2.32. The Balaban J connectivity index is 2.54. The lowest BCUT2D eigenvalue weighted by Gasteiger charge is -2.10. The van der Waals surface area contributed by atoms with E-state index in [9.17, 15) is 17.6 Å². The number of hydrogen-bond acceptors (Lipinski definition) is 3. The third kappa shape index (κ3) is 3.14. The van der Waals surface area contributed by atoms with E-state index >= 15 is 0 Å². The molecule has 1 aromatic heterocycles. The van der Waals surface area contributed by atoms with Gasteiger partial charge in [-0.25, -0.2) is 9.07 Å². The number of aromatic nitrogens is 3. The predicted molar refractivity (Wildman–Crippen MR) is 70.4 cm³/mol. The Hall–Kier alpha value is -2.12. The first kappa shape index (κ1) is 15.3. The molecule has 0 aliphatic rings. The van der Waals surface area contributed by atoms with Crippen LogP contribution < -0.4 is 4.90 Å². The summed E-state index contributed by atoms with van der Waals surface area (Å²) in [5.74, 6) is -0.421. The van der Waals surface area contributed by atoms with Crippen LogP contribution in [-0.4, -0.2) is 28.9 Å². The quantitative estimate of drug-likeness (QED) is 0.817. The van der Waals surface area contributed by atoms with Crippen LogP contribution in [0.5, 0.6) is 0 Å². The van der Waals surface area contributed by atoms with Crippen LogP contribution in [0.15, 0.2) is 18.2 Å². The predicted octanol–water partition coefficient (Wildman–Crippen LogP) is 3.19. The summed E-state index contributed by atoms with van der Waals surface area (Å²) in [7, 11) is 3.49. The molecule has 0 saturated carbocycles. The molecular weight excluding hydrogens is 288 g/mol. The molecule has 0 saturated heterocycles. The fourth-order valence-electron chi connectivity index (χ4n) is 1.88. The molecule has 114 valence electrons. The summed E-state index contributed by atoms with van der Waals surface area (Å²) in [4.78, 5) is 5.84. The Labute approximate surface area is 119 Å². The van der Waals surface area contributed by atoms with Crippen molar-refractivity contribution in [3.63, 3.8) is 0 Å². The van der Waals surface area contributed by atoms with Gasteiger partial charge >= 0.3 is 6.18 Å². The van der Waals surface area contributed by atoms with Crippen molar-refractivity contribution < 1.29 is 17.6 Å². The van der Waals surface area contributed by atoms with Crippen molar-refractivity contribution in [3.8, 4) is 11.4 Å². The van der Waals surface area contributed by atoms with Crippen LogP contribution in [0.2, 0.25) is 0 Å². The molecule has 0 unspecified atom stereocenters. The first-order valence-electron chi connectivity index (χ1n) is 6.22. The largest absolute Gasteiger partial charge is 0.416 e. The Kier molecular flexibility index (Phi) is 3.89. The average molecular weight is 302 g/mol. The van der Waals surface area contributed by atoms with Crippen LogP contribution in [0.25, 0.3) is 11.4 Å². The molecule has 1 heterocycles. The fourth-order valence-corrected chi connectivity index (χ4v) is 1.88. The Morgan fingerprint density at radius 2 is 1.86 bits per heavy atom. The van der Waals surface area contributed by atoms with Crippen LogP contribution in [-0.2, 0) is 12.7 Å². The Morgan fingerprint density at radius 3 is 2.33 bits per heavy atom. The Morgan fingerprint density at radius 1 is 1.19 bits per heavy atom. The topological polar surface area (TPSA) is 34.0 Å². The minimum Gasteiger partial charge on any atom is -0.347 e. The number of rotatable bonds is 3. The van der Waals surface area contributed by atoms with Crippen molar-refractivity contribution >= 4 is 5.95 Å². The lowest BCUT2D eigenvalue weighted by molar-refractivity contribution is -0.137. The molecule has 21 heavy (non-hydrogen) atoms. The van der Waals surface area contributed by atoms with Gasteiger partial charge in [-0.1, -0.05) is 0 Å². The molecule has 2 aromatic rings. The molecule has 4 nitrogen and oxygen atoms in total. The summed E-state index contributed by atoms with van der Waals surface area (Å²) < 4.78 is 53.1. The van der Waals surface area contributed by atoms with Crippen LogP contribution in [0, 0.1) is 5.82 Å². The summed E-state index contributed by atoms with van der Waals surface area (Å²) in [5.41, 5.74) is -1.06. The summed E-state index contributed by atoms with van der Waals surface area (Å²) in [6.07, 6.45) is -4.62.